The van der Waals surface area contributed by atoms with Crippen molar-refractivity contribution in [3.05, 3.63) is 0 Å². The minimum Gasteiger partial charge on any atom is -0.481 e. The summed E-state index contributed by atoms with van der Waals surface area (Å²) in [4.78, 5) is 33.3. The van der Waals surface area contributed by atoms with E-state index in [-0.39, 0.29) is 24.4 Å². The Balaban J connectivity index is 1.93. The van der Waals surface area contributed by atoms with Gasteiger partial charge < -0.3 is 21.5 Å². The minimum atomic E-state index is -0.859. The van der Waals surface area contributed by atoms with Crippen molar-refractivity contribution >= 4 is 17.9 Å². The van der Waals surface area contributed by atoms with Gasteiger partial charge in [-0.1, -0.05) is 0 Å². The zero-order chi connectivity index (χ0) is 13.3. The Labute approximate surface area is 104 Å². The number of carbonyl (C=O) groups excluding carboxylic acids is 2. The molecule has 3 amide bonds. The minimum absolute atomic E-state index is 0.161. The average molecular weight is 255 g/mol. The first-order chi connectivity index (χ1) is 8.49. The molecule has 4 atom stereocenters. The van der Waals surface area contributed by atoms with Crippen LogP contribution in [0.1, 0.15) is 19.3 Å². The summed E-state index contributed by atoms with van der Waals surface area (Å²) < 4.78 is 0. The van der Waals surface area contributed by atoms with Crippen LogP contribution in [0.3, 0.4) is 0 Å². The van der Waals surface area contributed by atoms with E-state index < -0.39 is 23.8 Å². The van der Waals surface area contributed by atoms with Gasteiger partial charge in [0.25, 0.3) is 0 Å². The van der Waals surface area contributed by atoms with Crippen LogP contribution in [0.5, 0.6) is 0 Å². The van der Waals surface area contributed by atoms with Gasteiger partial charge in [0, 0.05) is 6.04 Å². The number of primary amides is 1. The van der Waals surface area contributed by atoms with Crippen LogP contribution >= 0.6 is 0 Å². The fourth-order valence-electron chi connectivity index (χ4n) is 3.22. The van der Waals surface area contributed by atoms with E-state index in [9.17, 15) is 19.5 Å². The zero-order valence-electron chi connectivity index (χ0n) is 9.89. The van der Waals surface area contributed by atoms with Crippen LogP contribution < -0.4 is 16.4 Å². The molecule has 0 heterocycles. The van der Waals surface area contributed by atoms with Crippen LogP contribution in [-0.4, -0.2) is 35.6 Å². The number of nitrogens with one attached hydrogen (secondary N) is 2. The predicted molar refractivity (Wildman–Crippen MR) is 61.5 cm³/mol. The highest BCUT2D eigenvalue weighted by atomic mass is 16.4. The van der Waals surface area contributed by atoms with Crippen LogP contribution in [-0.2, 0) is 9.59 Å². The Morgan fingerprint density at radius 2 is 1.89 bits per heavy atom. The standard InChI is InChI=1S/C11H17N3O4/c12-7(15)4-13-11(18)14-9-6-2-1-5(3-6)8(9)10(16)17/h5-6,8-9H,1-4H2,(H2,12,15)(H,16,17)(H2,13,14,18). The third-order valence-electron chi connectivity index (χ3n) is 3.92. The highest BCUT2D eigenvalue weighted by molar-refractivity contribution is 5.83. The lowest BCUT2D eigenvalue weighted by Crippen LogP contribution is -2.51. The van der Waals surface area contributed by atoms with Crippen molar-refractivity contribution in [1.82, 2.24) is 10.6 Å². The third-order valence-corrected chi connectivity index (χ3v) is 3.92. The van der Waals surface area contributed by atoms with Gasteiger partial charge in [-0.3, -0.25) is 9.59 Å². The van der Waals surface area contributed by atoms with E-state index in [1.807, 2.05) is 0 Å². The molecule has 7 heteroatoms. The van der Waals surface area contributed by atoms with Crippen molar-refractivity contribution in [3.63, 3.8) is 0 Å². The molecule has 7 nitrogen and oxygen atoms in total. The Morgan fingerprint density at radius 1 is 1.22 bits per heavy atom. The quantitative estimate of drug-likeness (QED) is 0.529. The molecule has 0 aliphatic heterocycles. The van der Waals surface area contributed by atoms with E-state index in [0.29, 0.717) is 0 Å². The maximum atomic E-state index is 11.5. The number of amides is 3. The second-order valence-corrected chi connectivity index (χ2v) is 5.02. The lowest BCUT2D eigenvalue weighted by molar-refractivity contribution is -0.144. The molecule has 4 unspecified atom stereocenters. The smallest absolute Gasteiger partial charge is 0.315 e. The lowest BCUT2D eigenvalue weighted by Gasteiger charge is -2.28. The monoisotopic (exact) mass is 255 g/mol. The number of rotatable bonds is 4. The first-order valence-corrected chi connectivity index (χ1v) is 6.04. The Kier molecular flexibility index (Phi) is 3.40. The molecule has 2 aliphatic rings. The summed E-state index contributed by atoms with van der Waals surface area (Å²) in [5.41, 5.74) is 4.91. The third kappa shape index (κ3) is 2.39. The SMILES string of the molecule is NC(=O)CNC(=O)NC1C2CCC(C2)C1C(=O)O. The van der Waals surface area contributed by atoms with E-state index in [1.54, 1.807) is 0 Å². The maximum absolute atomic E-state index is 11.5. The number of carbonyl (C=O) groups is 3. The highest BCUT2D eigenvalue weighted by Gasteiger charge is 2.51. The number of carboxylic acids is 1. The molecule has 2 aliphatic carbocycles. The van der Waals surface area contributed by atoms with Crippen molar-refractivity contribution < 1.29 is 19.5 Å². The van der Waals surface area contributed by atoms with Gasteiger partial charge in [-0.15, -0.1) is 0 Å². The molecule has 2 saturated carbocycles. The summed E-state index contributed by atoms with van der Waals surface area (Å²) in [7, 11) is 0. The molecule has 0 saturated heterocycles. The van der Waals surface area contributed by atoms with Crippen LogP contribution in [0.15, 0.2) is 0 Å². The van der Waals surface area contributed by atoms with E-state index in [4.69, 9.17) is 5.73 Å². The molecule has 0 aromatic rings. The molecule has 2 bridgehead atoms. The van der Waals surface area contributed by atoms with Gasteiger partial charge in [0.15, 0.2) is 0 Å². The summed E-state index contributed by atoms with van der Waals surface area (Å²) >= 11 is 0. The number of hydrogen-bond donors (Lipinski definition) is 4. The Morgan fingerprint density at radius 3 is 2.50 bits per heavy atom. The van der Waals surface area contributed by atoms with Crippen molar-refractivity contribution in [2.24, 2.45) is 23.5 Å². The van der Waals surface area contributed by atoms with Crippen LogP contribution in [0.2, 0.25) is 0 Å². The molecule has 2 fully saturated rings. The molecule has 100 valence electrons. The Bertz CT molecular complexity index is 384. The average Bonchev–Trinajstić information content (AvgIpc) is 2.86. The van der Waals surface area contributed by atoms with Crippen LogP contribution in [0, 0.1) is 17.8 Å². The van der Waals surface area contributed by atoms with Gasteiger partial charge in [0.05, 0.1) is 12.5 Å². The number of aliphatic carboxylic acids is 1. The molecule has 0 spiro atoms. The molecular weight excluding hydrogens is 238 g/mol. The van der Waals surface area contributed by atoms with E-state index in [0.717, 1.165) is 19.3 Å². The molecule has 0 aromatic heterocycles. The number of hydrogen-bond acceptors (Lipinski definition) is 3. The largest absolute Gasteiger partial charge is 0.481 e. The fourth-order valence-corrected chi connectivity index (χ4v) is 3.22. The number of urea groups is 1. The van der Waals surface area contributed by atoms with Crippen molar-refractivity contribution in [3.8, 4) is 0 Å². The van der Waals surface area contributed by atoms with Crippen molar-refractivity contribution in [1.29, 1.82) is 0 Å². The first-order valence-electron chi connectivity index (χ1n) is 6.04. The maximum Gasteiger partial charge on any atom is 0.315 e. The lowest BCUT2D eigenvalue weighted by atomic mass is 9.84. The number of nitrogens with two attached hydrogens (primary N) is 1. The van der Waals surface area contributed by atoms with Gasteiger partial charge >= 0.3 is 12.0 Å². The van der Waals surface area contributed by atoms with E-state index >= 15 is 0 Å². The van der Waals surface area contributed by atoms with E-state index in [2.05, 4.69) is 10.6 Å². The summed E-state index contributed by atoms with van der Waals surface area (Å²) in [6.07, 6.45) is 2.73. The summed E-state index contributed by atoms with van der Waals surface area (Å²) in [6.45, 7) is -0.246. The molecule has 5 N–H and O–H groups in total. The second kappa shape index (κ2) is 4.83. The van der Waals surface area contributed by atoms with Gasteiger partial charge in [-0.05, 0) is 31.1 Å². The first kappa shape index (κ1) is 12.7. The topological polar surface area (TPSA) is 122 Å². The molecule has 2 rings (SSSR count). The van der Waals surface area contributed by atoms with Gasteiger partial charge in [0.1, 0.15) is 0 Å². The summed E-state index contributed by atoms with van der Waals surface area (Å²) in [6, 6.07) is -0.869. The second-order valence-electron chi connectivity index (χ2n) is 5.02. The predicted octanol–water partition coefficient (Wildman–Crippen LogP) is -0.730. The fraction of sp³-hybridized carbons (Fsp3) is 0.727. The van der Waals surface area contributed by atoms with Gasteiger partial charge in [-0.25, -0.2) is 4.79 Å². The zero-order valence-corrected chi connectivity index (χ0v) is 9.89. The molecule has 18 heavy (non-hydrogen) atoms. The van der Waals surface area contributed by atoms with Crippen molar-refractivity contribution in [2.45, 2.75) is 25.3 Å². The van der Waals surface area contributed by atoms with Crippen molar-refractivity contribution in [2.75, 3.05) is 6.54 Å². The highest BCUT2D eigenvalue weighted by Crippen LogP contribution is 2.48. The molecule has 0 radical (unpaired) electrons. The summed E-state index contributed by atoms with van der Waals surface area (Å²) in [5.74, 6) is -1.61. The molecule has 0 aromatic carbocycles. The number of carboxylic acid groups (broad SMARTS) is 1. The van der Waals surface area contributed by atoms with Gasteiger partial charge in [0.2, 0.25) is 5.91 Å². The number of fused-ring (bicyclic) bond motifs is 2. The van der Waals surface area contributed by atoms with Crippen LogP contribution in [0.25, 0.3) is 0 Å². The molecular formula is C11H17N3O4. The Hall–Kier alpha value is -1.79. The summed E-state index contributed by atoms with van der Waals surface area (Å²) in [5, 5.41) is 14.2. The van der Waals surface area contributed by atoms with Gasteiger partial charge in [-0.2, -0.15) is 0 Å². The normalized spacial score (nSPS) is 33.1. The van der Waals surface area contributed by atoms with E-state index in [1.165, 1.54) is 0 Å². The van der Waals surface area contributed by atoms with Crippen LogP contribution in [0.4, 0.5) is 4.79 Å².